The molecule has 72 heavy (non-hydrogen) atoms. The first kappa shape index (κ1) is 49.4. The zero-order chi connectivity index (χ0) is 50.3. The highest BCUT2D eigenvalue weighted by Gasteiger charge is 2.45. The molecular weight excluding hydrogens is 946 g/mol. The molecule has 4 saturated heterocycles. The van der Waals surface area contributed by atoms with Gasteiger partial charge in [0.25, 0.3) is 5.91 Å². The Morgan fingerprint density at radius 3 is 2.50 bits per heavy atom. The van der Waals surface area contributed by atoms with E-state index in [0.29, 0.717) is 97.0 Å². The van der Waals surface area contributed by atoms with Crippen LogP contribution in [-0.2, 0) is 9.53 Å². The molecule has 378 valence electrons. The summed E-state index contributed by atoms with van der Waals surface area (Å²) >= 11 is 6.41. The third-order valence-electron chi connectivity index (χ3n) is 15.3. The lowest BCUT2D eigenvalue weighted by atomic mass is 9.93. The van der Waals surface area contributed by atoms with Gasteiger partial charge in [-0.05, 0) is 131 Å². The molecule has 5 fully saturated rings. The number of aromatic nitrogens is 3. The molecule has 2 aromatic heterocycles. The molecule has 15 nitrogen and oxygen atoms in total. The number of piperidine rings is 3. The van der Waals surface area contributed by atoms with Crippen LogP contribution in [0.25, 0.3) is 32.9 Å². The van der Waals surface area contributed by atoms with Gasteiger partial charge in [-0.15, -0.1) is 6.42 Å². The number of β-amino-alcohol motifs (C(OH)–C–C–N with tert-alkyl or cyclic N) is 1. The van der Waals surface area contributed by atoms with Crippen LogP contribution < -0.4 is 19.9 Å². The van der Waals surface area contributed by atoms with Crippen molar-refractivity contribution < 1.29 is 42.9 Å². The van der Waals surface area contributed by atoms with Crippen molar-refractivity contribution in [2.45, 2.75) is 76.7 Å². The molecule has 0 unspecified atom stereocenters. The number of phenolic OH excluding ortho intramolecular Hbond substituents is 1. The first-order chi connectivity index (χ1) is 34.7. The van der Waals surface area contributed by atoms with Crippen LogP contribution in [0.3, 0.4) is 0 Å². The van der Waals surface area contributed by atoms with Crippen molar-refractivity contribution in [1.82, 2.24) is 30.1 Å². The number of likely N-dealkylation sites (tertiary alicyclic amines) is 2. The number of carbonyl (C=O) groups is 3. The van der Waals surface area contributed by atoms with E-state index in [-0.39, 0.29) is 76.2 Å². The van der Waals surface area contributed by atoms with Crippen LogP contribution in [0.1, 0.15) is 87.1 Å². The molecule has 18 heteroatoms. The van der Waals surface area contributed by atoms with E-state index < -0.39 is 23.3 Å². The van der Waals surface area contributed by atoms with Crippen molar-refractivity contribution in [1.29, 1.82) is 0 Å². The second-order valence-corrected chi connectivity index (χ2v) is 21.1. The largest absolute Gasteiger partial charge is 0.508 e. The fourth-order valence-electron chi connectivity index (χ4n) is 11.0. The van der Waals surface area contributed by atoms with Crippen LogP contribution in [0.5, 0.6) is 11.8 Å². The molecule has 1 atom stereocenters. The van der Waals surface area contributed by atoms with Gasteiger partial charge in [0.1, 0.15) is 28.6 Å². The number of benzene rings is 3. The molecule has 4 amide bonds. The van der Waals surface area contributed by atoms with E-state index in [2.05, 4.69) is 26.1 Å². The second kappa shape index (κ2) is 20.4. The van der Waals surface area contributed by atoms with E-state index >= 15 is 8.78 Å². The molecule has 5 aromatic rings. The summed E-state index contributed by atoms with van der Waals surface area (Å²) in [6, 6.07) is 9.84. The fourth-order valence-corrected chi connectivity index (χ4v) is 11.2. The van der Waals surface area contributed by atoms with E-state index in [4.69, 9.17) is 32.5 Å². The van der Waals surface area contributed by atoms with Gasteiger partial charge in [0.05, 0.1) is 33.9 Å². The topological polar surface area (TPSA) is 174 Å². The number of aliphatic hydroxyl groups is 1. The summed E-state index contributed by atoms with van der Waals surface area (Å²) in [4.78, 5) is 59.2. The van der Waals surface area contributed by atoms with Gasteiger partial charge in [-0.25, -0.2) is 13.6 Å². The number of aromatic hydroxyl groups is 1. The summed E-state index contributed by atoms with van der Waals surface area (Å²) in [5, 5.41) is 25.4. The van der Waals surface area contributed by atoms with Crippen LogP contribution in [0.2, 0.25) is 5.02 Å². The number of imide groups is 1. The molecule has 3 aromatic carbocycles. The lowest BCUT2D eigenvalue weighted by molar-refractivity contribution is -0.120. The first-order valence-corrected chi connectivity index (χ1v) is 25.4. The molecule has 0 radical (unpaired) electrons. The standard InChI is InChI=1S/C54H59ClF2N8O7/c1-3-38-42(56)8-6-35-25-37(66)27-39(45(35)38)47-46(57)48-40(28-58-47)49(64-18-4-15-53(2,70)30-64)61-51(60-48)72-32-54(16-17-54)31-62-19-9-34(10-20-62)29-71-24-14-33-11-21-63(22-12-33)50(68)36-5-7-41(55)43(26-36)65-23-13-44(67)59-52(65)69/h1,5-8,25-28,33-34,66,70H,4,9-24,29-32H2,2H3,(H,59,67,69)/t53-/m1/s1. The maximum absolute atomic E-state index is 17.1. The van der Waals surface area contributed by atoms with Crippen LogP contribution in [0.4, 0.5) is 25.1 Å². The number of halogens is 3. The summed E-state index contributed by atoms with van der Waals surface area (Å²) in [5.41, 5.74) is -0.381. The van der Waals surface area contributed by atoms with Crippen molar-refractivity contribution in [3.63, 3.8) is 0 Å². The molecule has 0 bridgehead atoms. The summed E-state index contributed by atoms with van der Waals surface area (Å²) in [6.07, 6.45) is 15.4. The van der Waals surface area contributed by atoms with Gasteiger partial charge >= 0.3 is 12.0 Å². The Morgan fingerprint density at radius 2 is 1.76 bits per heavy atom. The Balaban J connectivity index is 0.722. The van der Waals surface area contributed by atoms with Crippen molar-refractivity contribution in [2.24, 2.45) is 17.3 Å². The van der Waals surface area contributed by atoms with Gasteiger partial charge in [0, 0.05) is 87.0 Å². The molecule has 6 heterocycles. The molecule has 0 spiro atoms. The number of anilines is 2. The number of fused-ring (bicyclic) bond motifs is 2. The Kier molecular flexibility index (Phi) is 14.0. The Bertz CT molecular complexity index is 2970. The van der Waals surface area contributed by atoms with E-state index in [1.165, 1.54) is 35.4 Å². The second-order valence-electron chi connectivity index (χ2n) is 20.7. The minimum atomic E-state index is -0.991. The number of urea groups is 1. The number of ether oxygens (including phenoxy) is 2. The van der Waals surface area contributed by atoms with Gasteiger partial charge in [-0.1, -0.05) is 23.6 Å². The number of amides is 4. The third-order valence-corrected chi connectivity index (χ3v) is 15.6. The van der Waals surface area contributed by atoms with Gasteiger partial charge in [-0.3, -0.25) is 24.8 Å². The van der Waals surface area contributed by atoms with E-state index in [9.17, 15) is 24.6 Å². The Morgan fingerprint density at radius 1 is 0.986 bits per heavy atom. The smallest absolute Gasteiger partial charge is 0.328 e. The number of pyridine rings is 1. The van der Waals surface area contributed by atoms with Crippen molar-refractivity contribution in [2.75, 3.05) is 82.0 Å². The Labute approximate surface area is 421 Å². The molecule has 1 saturated carbocycles. The lowest BCUT2D eigenvalue weighted by Crippen LogP contribution is -2.49. The fraction of sp³-hybridized carbons (Fsp3) is 0.481. The van der Waals surface area contributed by atoms with Crippen molar-refractivity contribution >= 4 is 62.6 Å². The summed E-state index contributed by atoms with van der Waals surface area (Å²) < 4.78 is 44.7. The Hall–Kier alpha value is -6.19. The summed E-state index contributed by atoms with van der Waals surface area (Å²) in [6.45, 7) is 8.58. The average molecular weight is 1010 g/mol. The number of phenols is 1. The SMILES string of the molecule is C#Cc1c(F)ccc2cc(O)cc(-c3ncc4c(N5CCC[C@@](C)(O)C5)nc(OCC5(CN6CCC(COCCC7CCN(C(=O)c8ccc(Cl)c(N9CCC(=O)NC9=O)c8)CC7)CC6)CC5)nc4c3F)c12. The number of nitrogens with one attached hydrogen (secondary N) is 1. The predicted octanol–water partition coefficient (Wildman–Crippen LogP) is 8.09. The quantitative estimate of drug-likeness (QED) is 0.0722. The van der Waals surface area contributed by atoms with Crippen LogP contribution in [0, 0.1) is 41.2 Å². The van der Waals surface area contributed by atoms with E-state index in [1.807, 2.05) is 9.80 Å². The molecule has 10 rings (SSSR count). The van der Waals surface area contributed by atoms with E-state index in [1.54, 1.807) is 25.1 Å². The van der Waals surface area contributed by atoms with Crippen molar-refractivity contribution in [3.8, 4) is 35.4 Å². The maximum Gasteiger partial charge on any atom is 0.328 e. The van der Waals surface area contributed by atoms with Crippen LogP contribution in [-0.4, -0.2) is 131 Å². The average Bonchev–Trinajstić information content (AvgIpc) is 4.14. The zero-order valence-electron chi connectivity index (χ0n) is 40.4. The van der Waals surface area contributed by atoms with E-state index in [0.717, 1.165) is 64.6 Å². The lowest BCUT2D eigenvalue weighted by Gasteiger charge is -2.38. The number of rotatable bonds is 14. The minimum absolute atomic E-state index is 0.00893. The first-order valence-electron chi connectivity index (χ1n) is 25.1. The van der Waals surface area contributed by atoms with Crippen molar-refractivity contribution in [3.05, 3.63) is 76.4 Å². The third kappa shape index (κ3) is 10.5. The number of terminal acetylenes is 1. The van der Waals surface area contributed by atoms with Crippen LogP contribution in [0.15, 0.2) is 48.7 Å². The summed E-state index contributed by atoms with van der Waals surface area (Å²) in [5.74, 6) is 1.65. The number of hydrogen-bond acceptors (Lipinski definition) is 12. The summed E-state index contributed by atoms with van der Waals surface area (Å²) in [7, 11) is 0. The molecule has 5 aliphatic rings. The highest BCUT2D eigenvalue weighted by molar-refractivity contribution is 6.34. The highest BCUT2D eigenvalue weighted by atomic mass is 35.5. The number of carbonyl (C=O) groups excluding carboxylic acids is 3. The molecule has 4 aliphatic heterocycles. The number of nitrogens with zero attached hydrogens (tertiary/aromatic N) is 7. The van der Waals surface area contributed by atoms with Crippen LogP contribution >= 0.6 is 11.6 Å². The maximum atomic E-state index is 17.1. The highest BCUT2D eigenvalue weighted by Crippen LogP contribution is 2.47. The molecule has 1 aliphatic carbocycles. The van der Waals surface area contributed by atoms with Gasteiger partial charge in [-0.2, -0.15) is 9.97 Å². The van der Waals surface area contributed by atoms with Gasteiger partial charge < -0.3 is 34.4 Å². The predicted molar refractivity (Wildman–Crippen MR) is 269 cm³/mol. The minimum Gasteiger partial charge on any atom is -0.508 e. The van der Waals surface area contributed by atoms with Gasteiger partial charge in [0.15, 0.2) is 5.82 Å². The zero-order valence-corrected chi connectivity index (χ0v) is 41.2. The normalized spacial score (nSPS) is 21.0. The number of hydrogen-bond donors (Lipinski definition) is 3. The monoisotopic (exact) mass is 1000 g/mol. The van der Waals surface area contributed by atoms with Gasteiger partial charge in [0.2, 0.25) is 5.91 Å². The molecular formula is C54H59ClF2N8O7. The molecule has 3 N–H and O–H groups in total.